The molecule has 1 aromatic carbocycles. The van der Waals surface area contributed by atoms with Gasteiger partial charge in [0.15, 0.2) is 0 Å². The van der Waals surface area contributed by atoms with Crippen molar-refractivity contribution >= 4 is 15.9 Å². The van der Waals surface area contributed by atoms with Crippen LogP contribution in [0, 0.1) is 0 Å². The Balaban J connectivity index is 1.93. The summed E-state index contributed by atoms with van der Waals surface area (Å²) in [5.41, 5.74) is 0.983. The molecular weight excluding hydrogens is 336 g/mol. The van der Waals surface area contributed by atoms with E-state index in [2.05, 4.69) is 4.72 Å². The molecule has 2 rings (SSSR count). The third-order valence-electron chi connectivity index (χ3n) is 4.90. The molecule has 25 heavy (non-hydrogen) atoms. The van der Waals surface area contributed by atoms with E-state index in [1.807, 2.05) is 30.9 Å². The van der Waals surface area contributed by atoms with Crippen molar-refractivity contribution < 1.29 is 13.2 Å². The molecule has 0 aromatic heterocycles. The molecule has 1 N–H and O–H groups in total. The third kappa shape index (κ3) is 5.82. The molecule has 1 fully saturated rings. The number of nitrogens with one attached hydrogen (secondary N) is 1. The average molecular weight is 367 g/mol. The first-order chi connectivity index (χ1) is 12.0. The number of hydrogen-bond acceptors (Lipinski definition) is 3. The molecule has 140 valence electrons. The summed E-state index contributed by atoms with van der Waals surface area (Å²) < 4.78 is 27.8. The predicted molar refractivity (Wildman–Crippen MR) is 99.9 cm³/mol. The Labute approximate surface area is 151 Å². The van der Waals surface area contributed by atoms with Crippen LogP contribution in [0.25, 0.3) is 0 Å². The lowest BCUT2D eigenvalue weighted by Gasteiger charge is -2.22. The zero-order valence-corrected chi connectivity index (χ0v) is 16.1. The minimum atomic E-state index is -3.45. The van der Waals surface area contributed by atoms with E-state index >= 15 is 0 Å². The van der Waals surface area contributed by atoms with Crippen molar-refractivity contribution in [2.24, 2.45) is 0 Å². The van der Waals surface area contributed by atoms with Gasteiger partial charge in [-0.05, 0) is 50.8 Å². The van der Waals surface area contributed by atoms with Crippen LogP contribution in [0.3, 0.4) is 0 Å². The fraction of sp³-hybridized carbons (Fsp3) is 0.632. The summed E-state index contributed by atoms with van der Waals surface area (Å²) >= 11 is 0. The molecule has 1 aromatic rings. The normalized spacial score (nSPS) is 15.9. The molecule has 0 heterocycles. The highest BCUT2D eigenvalue weighted by atomic mass is 32.2. The summed E-state index contributed by atoms with van der Waals surface area (Å²) in [7, 11) is -3.45. The van der Waals surface area contributed by atoms with Crippen molar-refractivity contribution in [2.45, 2.75) is 69.7 Å². The summed E-state index contributed by atoms with van der Waals surface area (Å²) in [5.74, 6) is 0.140. The van der Waals surface area contributed by atoms with Crippen molar-refractivity contribution in [2.75, 3.05) is 13.1 Å². The molecule has 1 saturated carbocycles. The van der Waals surface area contributed by atoms with E-state index in [-0.39, 0.29) is 11.9 Å². The van der Waals surface area contributed by atoms with E-state index < -0.39 is 10.0 Å². The number of carbonyl (C=O) groups is 1. The maximum absolute atomic E-state index is 12.5. The number of amides is 1. The van der Waals surface area contributed by atoms with Crippen LogP contribution in [0.4, 0.5) is 0 Å². The Kier molecular flexibility index (Phi) is 7.44. The first kappa shape index (κ1) is 19.9. The van der Waals surface area contributed by atoms with Crippen LogP contribution >= 0.6 is 0 Å². The van der Waals surface area contributed by atoms with Crippen molar-refractivity contribution in [1.82, 2.24) is 9.62 Å². The van der Waals surface area contributed by atoms with Crippen LogP contribution in [0.1, 0.15) is 57.9 Å². The smallest absolute Gasteiger partial charge is 0.240 e. The Hall–Kier alpha value is -1.40. The summed E-state index contributed by atoms with van der Waals surface area (Å²) in [6, 6.07) is 6.96. The molecule has 1 aliphatic rings. The van der Waals surface area contributed by atoms with Crippen molar-refractivity contribution in [3.8, 4) is 0 Å². The SMILES string of the molecule is CCN(CC)C(=O)CCc1ccc(S(=O)(=O)NC2CCCCC2)cc1. The molecule has 0 radical (unpaired) electrons. The van der Waals surface area contributed by atoms with Gasteiger partial charge in [-0.2, -0.15) is 0 Å². The zero-order chi connectivity index (χ0) is 18.3. The number of hydrogen-bond donors (Lipinski definition) is 1. The van der Waals surface area contributed by atoms with Gasteiger partial charge in [0.1, 0.15) is 0 Å². The van der Waals surface area contributed by atoms with Gasteiger partial charge in [-0.25, -0.2) is 13.1 Å². The maximum Gasteiger partial charge on any atom is 0.240 e. The lowest BCUT2D eigenvalue weighted by atomic mass is 9.96. The van der Waals surface area contributed by atoms with Gasteiger partial charge < -0.3 is 4.90 Å². The Bertz CT molecular complexity index is 646. The third-order valence-corrected chi connectivity index (χ3v) is 6.44. The second kappa shape index (κ2) is 9.34. The standard InChI is InChI=1S/C19H30N2O3S/c1-3-21(4-2)19(22)15-12-16-10-13-18(14-11-16)25(23,24)20-17-8-6-5-7-9-17/h10-11,13-14,17,20H,3-9,12,15H2,1-2H3. The van der Waals surface area contributed by atoms with Crippen molar-refractivity contribution in [3.05, 3.63) is 29.8 Å². The second-order valence-corrected chi connectivity index (χ2v) is 8.38. The Morgan fingerprint density at radius 3 is 2.24 bits per heavy atom. The highest BCUT2D eigenvalue weighted by molar-refractivity contribution is 7.89. The van der Waals surface area contributed by atoms with Gasteiger partial charge in [0.05, 0.1) is 4.90 Å². The number of carbonyl (C=O) groups excluding carboxylic acids is 1. The average Bonchev–Trinajstić information content (AvgIpc) is 2.62. The van der Waals surface area contributed by atoms with Crippen LogP contribution in [-0.4, -0.2) is 38.4 Å². The molecular formula is C19H30N2O3S. The van der Waals surface area contributed by atoms with Gasteiger partial charge in [-0.1, -0.05) is 31.4 Å². The molecule has 0 unspecified atom stereocenters. The van der Waals surface area contributed by atoms with E-state index in [9.17, 15) is 13.2 Å². The maximum atomic E-state index is 12.5. The quantitative estimate of drug-likeness (QED) is 0.769. The largest absolute Gasteiger partial charge is 0.343 e. The van der Waals surface area contributed by atoms with Gasteiger partial charge in [0.2, 0.25) is 15.9 Å². The molecule has 0 spiro atoms. The molecule has 0 aliphatic heterocycles. The Morgan fingerprint density at radius 2 is 1.68 bits per heavy atom. The summed E-state index contributed by atoms with van der Waals surface area (Å²) in [4.78, 5) is 14.2. The molecule has 0 bridgehead atoms. The lowest BCUT2D eigenvalue weighted by molar-refractivity contribution is -0.130. The van der Waals surface area contributed by atoms with Gasteiger partial charge in [-0.15, -0.1) is 0 Å². The van der Waals surface area contributed by atoms with Crippen LogP contribution in [0.2, 0.25) is 0 Å². The molecule has 0 saturated heterocycles. The summed E-state index contributed by atoms with van der Waals surface area (Å²) in [5, 5.41) is 0. The van der Waals surface area contributed by atoms with Gasteiger partial charge in [-0.3, -0.25) is 4.79 Å². The van der Waals surface area contributed by atoms with E-state index in [1.54, 1.807) is 12.1 Å². The number of rotatable bonds is 8. The van der Waals surface area contributed by atoms with Crippen LogP contribution in [0.5, 0.6) is 0 Å². The summed E-state index contributed by atoms with van der Waals surface area (Å²) in [6.07, 6.45) is 6.30. The molecule has 1 aliphatic carbocycles. The lowest BCUT2D eigenvalue weighted by Crippen LogP contribution is -2.36. The van der Waals surface area contributed by atoms with E-state index in [4.69, 9.17) is 0 Å². The topological polar surface area (TPSA) is 66.5 Å². The second-order valence-electron chi connectivity index (χ2n) is 6.67. The monoisotopic (exact) mass is 366 g/mol. The highest BCUT2D eigenvalue weighted by Gasteiger charge is 2.21. The van der Waals surface area contributed by atoms with Crippen LogP contribution in [0.15, 0.2) is 29.2 Å². The number of sulfonamides is 1. The fourth-order valence-electron chi connectivity index (χ4n) is 3.33. The number of benzene rings is 1. The minimum absolute atomic E-state index is 0.0603. The first-order valence-corrected chi connectivity index (χ1v) is 10.8. The zero-order valence-electron chi connectivity index (χ0n) is 15.3. The van der Waals surface area contributed by atoms with E-state index in [0.717, 1.165) is 44.3 Å². The van der Waals surface area contributed by atoms with Crippen LogP contribution < -0.4 is 4.72 Å². The van der Waals surface area contributed by atoms with Gasteiger partial charge >= 0.3 is 0 Å². The predicted octanol–water partition coefficient (Wildman–Crippen LogP) is 3.10. The fourth-order valence-corrected chi connectivity index (χ4v) is 4.63. The van der Waals surface area contributed by atoms with Crippen LogP contribution in [-0.2, 0) is 21.2 Å². The van der Waals surface area contributed by atoms with Gasteiger partial charge in [0.25, 0.3) is 0 Å². The van der Waals surface area contributed by atoms with Crippen molar-refractivity contribution in [3.63, 3.8) is 0 Å². The highest BCUT2D eigenvalue weighted by Crippen LogP contribution is 2.20. The molecule has 6 heteroatoms. The molecule has 1 amide bonds. The first-order valence-electron chi connectivity index (χ1n) is 9.35. The molecule has 5 nitrogen and oxygen atoms in total. The Morgan fingerprint density at radius 1 is 1.08 bits per heavy atom. The van der Waals surface area contributed by atoms with Crippen molar-refractivity contribution in [1.29, 1.82) is 0 Å². The van der Waals surface area contributed by atoms with E-state index in [0.29, 0.717) is 17.7 Å². The van der Waals surface area contributed by atoms with E-state index in [1.165, 1.54) is 6.42 Å². The van der Waals surface area contributed by atoms with Gasteiger partial charge in [0, 0.05) is 25.6 Å². The molecule has 0 atom stereocenters. The number of nitrogens with zero attached hydrogens (tertiary/aromatic N) is 1. The number of aryl methyl sites for hydroxylation is 1. The minimum Gasteiger partial charge on any atom is -0.343 e. The summed E-state index contributed by atoms with van der Waals surface area (Å²) in [6.45, 7) is 5.39.